The van der Waals surface area contributed by atoms with Gasteiger partial charge in [-0.1, -0.05) is 18.2 Å². The molecule has 5 heterocycles. The minimum atomic E-state index is 0.125. The summed E-state index contributed by atoms with van der Waals surface area (Å²) in [4.78, 5) is 24.3. The maximum absolute atomic E-state index is 12.6. The number of pyridine rings is 1. The molecule has 0 saturated carbocycles. The Morgan fingerprint density at radius 1 is 1.09 bits per heavy atom. The Kier molecular flexibility index (Phi) is 4.76. The highest BCUT2D eigenvalue weighted by Gasteiger charge is 2.31. The van der Waals surface area contributed by atoms with Crippen molar-refractivity contribution >= 4 is 16.7 Å². The third-order valence-electron chi connectivity index (χ3n) is 6.82. The molecule has 0 radical (unpaired) electrons. The first-order valence-electron chi connectivity index (χ1n) is 11.4. The lowest BCUT2D eigenvalue weighted by Gasteiger charge is -2.28. The van der Waals surface area contributed by atoms with Crippen molar-refractivity contribution in [3.63, 3.8) is 0 Å². The molecule has 1 amide bonds. The first-order valence-corrected chi connectivity index (χ1v) is 11.4. The van der Waals surface area contributed by atoms with E-state index < -0.39 is 0 Å². The zero-order valence-corrected chi connectivity index (χ0v) is 18.9. The van der Waals surface area contributed by atoms with Crippen LogP contribution >= 0.6 is 0 Å². The van der Waals surface area contributed by atoms with Gasteiger partial charge in [0.05, 0.1) is 29.8 Å². The Balaban J connectivity index is 1.50. The van der Waals surface area contributed by atoms with E-state index in [2.05, 4.69) is 33.9 Å². The molecule has 0 unspecified atom stereocenters. The van der Waals surface area contributed by atoms with Crippen LogP contribution in [0.1, 0.15) is 30.3 Å². The van der Waals surface area contributed by atoms with Crippen molar-refractivity contribution in [3.8, 4) is 22.5 Å². The number of fused-ring (bicyclic) bond motifs is 2. The van der Waals surface area contributed by atoms with E-state index in [0.717, 1.165) is 70.9 Å². The lowest BCUT2D eigenvalue weighted by Crippen LogP contribution is -2.37. The molecule has 2 aliphatic heterocycles. The van der Waals surface area contributed by atoms with Crippen LogP contribution in [0.2, 0.25) is 0 Å². The molecule has 8 nitrogen and oxygen atoms in total. The summed E-state index contributed by atoms with van der Waals surface area (Å²) in [5.41, 5.74) is 5.00. The number of rotatable bonds is 3. The van der Waals surface area contributed by atoms with Crippen molar-refractivity contribution in [1.82, 2.24) is 29.2 Å². The number of amides is 1. The number of benzene rings is 1. The first-order chi connectivity index (χ1) is 16.1. The van der Waals surface area contributed by atoms with Crippen molar-refractivity contribution in [2.45, 2.75) is 31.8 Å². The van der Waals surface area contributed by atoms with Gasteiger partial charge in [0.25, 0.3) is 0 Å². The lowest BCUT2D eigenvalue weighted by molar-refractivity contribution is -0.132. The molecular weight excluding hydrogens is 416 g/mol. The maximum atomic E-state index is 12.6. The molecule has 6 rings (SSSR count). The van der Waals surface area contributed by atoms with Crippen LogP contribution in [-0.2, 0) is 29.7 Å². The van der Waals surface area contributed by atoms with Gasteiger partial charge in [-0.05, 0) is 24.3 Å². The number of hydrogen-bond donors (Lipinski definition) is 0. The Labute approximate surface area is 191 Å². The van der Waals surface area contributed by atoms with Crippen LogP contribution in [0.3, 0.4) is 0 Å². The molecular formula is C25H26N6O2. The van der Waals surface area contributed by atoms with Crippen LogP contribution in [0, 0.1) is 0 Å². The van der Waals surface area contributed by atoms with Gasteiger partial charge in [0, 0.05) is 62.1 Å². The number of likely N-dealkylation sites (N-methyl/N-ethyl adjacent to an activating group) is 1. The molecule has 33 heavy (non-hydrogen) atoms. The third-order valence-corrected chi connectivity index (χ3v) is 6.82. The minimum Gasteiger partial charge on any atom is -0.381 e. The van der Waals surface area contributed by atoms with Gasteiger partial charge in [0.2, 0.25) is 5.91 Å². The fourth-order valence-electron chi connectivity index (χ4n) is 4.98. The van der Waals surface area contributed by atoms with Gasteiger partial charge in [0.1, 0.15) is 12.4 Å². The highest BCUT2D eigenvalue weighted by molar-refractivity contribution is 5.97. The molecule has 0 atom stereocenters. The Morgan fingerprint density at radius 2 is 1.94 bits per heavy atom. The van der Waals surface area contributed by atoms with Crippen molar-refractivity contribution in [1.29, 1.82) is 0 Å². The normalized spacial score (nSPS) is 17.0. The fraction of sp³-hybridized carbons (Fsp3) is 0.360. The summed E-state index contributed by atoms with van der Waals surface area (Å²) in [5.74, 6) is 1.45. The number of aromatic nitrogens is 5. The Morgan fingerprint density at radius 3 is 2.73 bits per heavy atom. The molecule has 8 heteroatoms. The van der Waals surface area contributed by atoms with Gasteiger partial charge in [-0.15, -0.1) is 0 Å². The summed E-state index contributed by atoms with van der Waals surface area (Å²) >= 11 is 0. The molecule has 1 fully saturated rings. The summed E-state index contributed by atoms with van der Waals surface area (Å²) in [6.45, 7) is 2.39. The second-order valence-electron chi connectivity index (χ2n) is 8.99. The number of carbonyl (C=O) groups is 1. The van der Waals surface area contributed by atoms with E-state index in [1.54, 1.807) is 9.58 Å². The summed E-state index contributed by atoms with van der Waals surface area (Å²) in [6, 6.07) is 8.40. The van der Waals surface area contributed by atoms with Crippen LogP contribution in [0.25, 0.3) is 33.3 Å². The molecule has 0 bridgehead atoms. The van der Waals surface area contributed by atoms with Gasteiger partial charge in [0.15, 0.2) is 0 Å². The van der Waals surface area contributed by atoms with Gasteiger partial charge >= 0.3 is 0 Å². The molecule has 1 saturated heterocycles. The SMILES string of the molecule is CN1Cc2c(-c3cccc4cc(-c5cnn(C)c5)ncc34)nc(C3CCOCC3)n2CC1=O. The smallest absolute Gasteiger partial charge is 0.242 e. The second kappa shape index (κ2) is 7.81. The van der Waals surface area contributed by atoms with E-state index in [-0.39, 0.29) is 5.91 Å². The molecule has 0 spiro atoms. The van der Waals surface area contributed by atoms with Gasteiger partial charge in [-0.2, -0.15) is 5.10 Å². The second-order valence-corrected chi connectivity index (χ2v) is 8.99. The predicted octanol–water partition coefficient (Wildman–Crippen LogP) is 3.36. The highest BCUT2D eigenvalue weighted by Crippen LogP contribution is 2.37. The fourth-order valence-corrected chi connectivity index (χ4v) is 4.98. The van der Waals surface area contributed by atoms with E-state index in [1.165, 1.54) is 0 Å². The molecule has 0 aliphatic carbocycles. The minimum absolute atomic E-state index is 0.125. The summed E-state index contributed by atoms with van der Waals surface area (Å²) in [5, 5.41) is 6.44. The van der Waals surface area contributed by atoms with Crippen LogP contribution in [0.4, 0.5) is 0 Å². The van der Waals surface area contributed by atoms with Crippen molar-refractivity contribution in [2.75, 3.05) is 20.3 Å². The summed E-state index contributed by atoms with van der Waals surface area (Å²) in [6.07, 6.45) is 7.61. The molecule has 2 aliphatic rings. The molecule has 168 valence electrons. The predicted molar refractivity (Wildman–Crippen MR) is 124 cm³/mol. The maximum Gasteiger partial charge on any atom is 0.242 e. The van der Waals surface area contributed by atoms with Crippen LogP contribution in [0.5, 0.6) is 0 Å². The van der Waals surface area contributed by atoms with Gasteiger partial charge in [-0.3, -0.25) is 14.5 Å². The Hall–Kier alpha value is -3.52. The summed E-state index contributed by atoms with van der Waals surface area (Å²) < 4.78 is 9.51. The zero-order valence-electron chi connectivity index (χ0n) is 18.9. The average Bonchev–Trinajstić information content (AvgIpc) is 3.43. The van der Waals surface area contributed by atoms with E-state index in [4.69, 9.17) is 14.7 Å². The zero-order chi connectivity index (χ0) is 22.5. The standard InChI is InChI=1S/C25H26N6O2/c1-29-14-22-24(28-25(31(22)15-23(29)32)16-6-8-33-9-7-16)19-5-3-4-17-10-21(26-12-20(17)19)18-11-27-30(2)13-18/h3-5,10-13,16H,6-9,14-15H2,1-2H3. The number of nitrogens with zero attached hydrogens (tertiary/aromatic N) is 6. The van der Waals surface area contributed by atoms with Gasteiger partial charge < -0.3 is 14.2 Å². The van der Waals surface area contributed by atoms with Gasteiger partial charge in [-0.25, -0.2) is 4.98 Å². The summed E-state index contributed by atoms with van der Waals surface area (Å²) in [7, 11) is 3.77. The van der Waals surface area contributed by atoms with Crippen molar-refractivity contribution in [2.24, 2.45) is 7.05 Å². The average molecular weight is 443 g/mol. The van der Waals surface area contributed by atoms with Crippen molar-refractivity contribution < 1.29 is 9.53 Å². The number of imidazole rings is 1. The van der Waals surface area contributed by atoms with E-state index in [9.17, 15) is 4.79 Å². The Bertz CT molecular complexity index is 1360. The van der Waals surface area contributed by atoms with Crippen LogP contribution < -0.4 is 0 Å². The number of aryl methyl sites for hydroxylation is 1. The third kappa shape index (κ3) is 3.41. The van der Waals surface area contributed by atoms with Crippen LogP contribution in [0.15, 0.2) is 42.9 Å². The lowest BCUT2D eigenvalue weighted by atomic mass is 9.99. The van der Waals surface area contributed by atoms with Crippen LogP contribution in [-0.4, -0.2) is 55.4 Å². The first kappa shape index (κ1) is 20.1. The van der Waals surface area contributed by atoms with E-state index in [0.29, 0.717) is 19.0 Å². The largest absolute Gasteiger partial charge is 0.381 e. The number of carbonyl (C=O) groups excluding carboxylic acids is 1. The number of ether oxygens (including phenoxy) is 1. The molecule has 3 aromatic heterocycles. The number of hydrogen-bond acceptors (Lipinski definition) is 5. The topological polar surface area (TPSA) is 78.1 Å². The molecule has 1 aromatic carbocycles. The molecule has 4 aromatic rings. The van der Waals surface area contributed by atoms with E-state index in [1.807, 2.05) is 32.7 Å². The highest BCUT2D eigenvalue weighted by atomic mass is 16.5. The van der Waals surface area contributed by atoms with E-state index >= 15 is 0 Å². The quantitative estimate of drug-likeness (QED) is 0.486. The molecule has 0 N–H and O–H groups in total. The monoisotopic (exact) mass is 442 g/mol. The van der Waals surface area contributed by atoms with Crippen molar-refractivity contribution in [3.05, 3.63) is 54.4 Å².